The van der Waals surface area contributed by atoms with Gasteiger partial charge >= 0.3 is 6.18 Å². The Morgan fingerprint density at radius 2 is 1.68 bits per heavy atom. The molecule has 12 heteroatoms. The summed E-state index contributed by atoms with van der Waals surface area (Å²) in [4.78, 5) is 20.8. The third-order valence-corrected chi connectivity index (χ3v) is 5.53. The van der Waals surface area contributed by atoms with Crippen LogP contribution in [-0.2, 0) is 17.5 Å². The normalized spacial score (nSPS) is 11.5. The lowest BCUT2D eigenvalue weighted by Crippen LogP contribution is -2.21. The van der Waals surface area contributed by atoms with Crippen molar-refractivity contribution in [2.24, 2.45) is 0 Å². The number of nitrogens with zero attached hydrogens (tertiary/aromatic N) is 4. The van der Waals surface area contributed by atoms with E-state index >= 15 is 0 Å². The molecule has 0 unspecified atom stereocenters. The van der Waals surface area contributed by atoms with Crippen LogP contribution < -0.4 is 15.8 Å². The maximum atomic E-state index is 14.1. The van der Waals surface area contributed by atoms with Gasteiger partial charge in [0, 0.05) is 5.56 Å². The molecule has 0 spiro atoms. The second kappa shape index (κ2) is 9.81. The lowest BCUT2D eigenvalue weighted by molar-refractivity contribution is -0.137. The molecule has 0 saturated carbocycles. The van der Waals surface area contributed by atoms with Crippen LogP contribution in [0.15, 0.2) is 79.1 Å². The summed E-state index contributed by atoms with van der Waals surface area (Å²) >= 11 is 0. The van der Waals surface area contributed by atoms with E-state index in [1.807, 2.05) is 30.3 Å². The highest BCUT2D eigenvalue weighted by Gasteiger charge is 2.31. The number of carbonyl (C=O) groups excluding carboxylic acids is 1. The summed E-state index contributed by atoms with van der Waals surface area (Å²) in [7, 11) is 0. The van der Waals surface area contributed by atoms with Crippen molar-refractivity contribution < 1.29 is 27.1 Å². The number of rotatable bonds is 6. The average Bonchev–Trinajstić information content (AvgIpc) is 3.25. The van der Waals surface area contributed by atoms with Crippen LogP contribution in [0.1, 0.15) is 5.56 Å². The van der Waals surface area contributed by atoms with E-state index in [-0.39, 0.29) is 11.5 Å². The Morgan fingerprint density at radius 1 is 0.974 bits per heavy atom. The van der Waals surface area contributed by atoms with Crippen molar-refractivity contribution in [1.82, 2.24) is 19.7 Å². The molecule has 0 radical (unpaired) electrons. The molecule has 3 aromatic carbocycles. The highest BCUT2D eigenvalue weighted by molar-refractivity contribution is 5.99. The lowest BCUT2D eigenvalue weighted by atomic mass is 10.1. The SMILES string of the molecule is Nc1ncnc2c1c(-c1ccc(Oc3ccccc3)cc1)nn2CC(=O)Nc1cc(C(F)(F)F)ccc1F. The Balaban J connectivity index is 1.42. The minimum Gasteiger partial charge on any atom is -0.457 e. The third-order valence-electron chi connectivity index (χ3n) is 5.53. The van der Waals surface area contributed by atoms with Crippen LogP contribution in [0.5, 0.6) is 11.5 Å². The van der Waals surface area contributed by atoms with Crippen LogP contribution in [0.3, 0.4) is 0 Å². The number of hydrogen-bond donors (Lipinski definition) is 2. The number of aromatic nitrogens is 4. The molecule has 1 amide bonds. The van der Waals surface area contributed by atoms with Crippen molar-refractivity contribution in [2.75, 3.05) is 11.1 Å². The quantitative estimate of drug-likeness (QED) is 0.279. The number of benzene rings is 3. The maximum absolute atomic E-state index is 14.1. The molecule has 2 heterocycles. The van der Waals surface area contributed by atoms with Gasteiger partial charge in [0.25, 0.3) is 0 Å². The number of halogens is 4. The topological polar surface area (TPSA) is 108 Å². The molecular weight excluding hydrogens is 504 g/mol. The molecular formula is C26H18F4N6O2. The van der Waals surface area contributed by atoms with Gasteiger partial charge in [0.05, 0.1) is 16.6 Å². The Kier molecular flexibility index (Phi) is 6.37. The van der Waals surface area contributed by atoms with Gasteiger partial charge < -0.3 is 15.8 Å². The second-order valence-electron chi connectivity index (χ2n) is 8.14. The molecule has 0 aliphatic heterocycles. The average molecular weight is 522 g/mol. The van der Waals surface area contributed by atoms with Crippen LogP contribution in [0.2, 0.25) is 0 Å². The monoisotopic (exact) mass is 522 g/mol. The number of carbonyl (C=O) groups is 1. The first-order chi connectivity index (χ1) is 18.2. The van der Waals surface area contributed by atoms with Crippen LogP contribution >= 0.6 is 0 Å². The molecule has 0 aliphatic rings. The van der Waals surface area contributed by atoms with Gasteiger partial charge in [0.15, 0.2) is 5.65 Å². The van der Waals surface area contributed by atoms with Crippen LogP contribution in [-0.4, -0.2) is 25.7 Å². The summed E-state index contributed by atoms with van der Waals surface area (Å²) in [5.41, 5.74) is 5.60. The largest absolute Gasteiger partial charge is 0.457 e. The number of para-hydroxylation sites is 1. The number of nitrogens with two attached hydrogens (primary N) is 1. The van der Waals surface area contributed by atoms with Gasteiger partial charge in [-0.2, -0.15) is 18.3 Å². The predicted molar refractivity (Wildman–Crippen MR) is 132 cm³/mol. The number of nitrogens with one attached hydrogen (secondary N) is 1. The van der Waals surface area contributed by atoms with Crippen molar-refractivity contribution in [2.45, 2.75) is 12.7 Å². The molecule has 5 rings (SSSR count). The number of alkyl halides is 3. The van der Waals surface area contributed by atoms with E-state index in [1.165, 1.54) is 11.0 Å². The second-order valence-corrected chi connectivity index (χ2v) is 8.14. The minimum absolute atomic E-state index is 0.116. The van der Waals surface area contributed by atoms with E-state index in [2.05, 4.69) is 20.4 Å². The first-order valence-corrected chi connectivity index (χ1v) is 11.2. The van der Waals surface area contributed by atoms with Gasteiger partial charge in [-0.25, -0.2) is 19.0 Å². The summed E-state index contributed by atoms with van der Waals surface area (Å²) in [6.45, 7) is -0.474. The van der Waals surface area contributed by atoms with Crippen LogP contribution in [0.4, 0.5) is 29.1 Å². The fraction of sp³-hybridized carbons (Fsp3) is 0.0769. The van der Waals surface area contributed by atoms with Gasteiger partial charge in [-0.15, -0.1) is 0 Å². The number of amides is 1. The van der Waals surface area contributed by atoms with Crippen molar-refractivity contribution in [3.63, 3.8) is 0 Å². The zero-order valence-corrected chi connectivity index (χ0v) is 19.4. The molecule has 0 saturated heterocycles. The highest BCUT2D eigenvalue weighted by Crippen LogP contribution is 2.33. The van der Waals surface area contributed by atoms with Gasteiger partial charge in [-0.1, -0.05) is 18.2 Å². The van der Waals surface area contributed by atoms with Crippen molar-refractivity contribution in [3.05, 3.63) is 90.5 Å². The Bertz CT molecular complexity index is 1620. The highest BCUT2D eigenvalue weighted by atomic mass is 19.4. The Hall–Kier alpha value is -5.00. The van der Waals surface area contributed by atoms with Gasteiger partial charge in [-0.05, 0) is 54.6 Å². The van der Waals surface area contributed by atoms with Gasteiger partial charge in [0.1, 0.15) is 41.7 Å². The zero-order chi connectivity index (χ0) is 26.9. The maximum Gasteiger partial charge on any atom is 0.416 e. The Labute approximate surface area is 212 Å². The molecule has 0 bridgehead atoms. The minimum atomic E-state index is -4.70. The van der Waals surface area contributed by atoms with E-state index < -0.39 is 35.7 Å². The summed E-state index contributed by atoms with van der Waals surface area (Å²) in [5.74, 6) is -0.471. The summed E-state index contributed by atoms with van der Waals surface area (Å²) in [6.07, 6.45) is -3.50. The van der Waals surface area contributed by atoms with E-state index in [0.29, 0.717) is 46.3 Å². The van der Waals surface area contributed by atoms with E-state index in [9.17, 15) is 22.4 Å². The van der Waals surface area contributed by atoms with E-state index in [1.54, 1.807) is 24.3 Å². The number of anilines is 2. The molecule has 8 nitrogen and oxygen atoms in total. The fourth-order valence-corrected chi connectivity index (χ4v) is 3.77. The lowest BCUT2D eigenvalue weighted by Gasteiger charge is -2.11. The zero-order valence-electron chi connectivity index (χ0n) is 19.4. The van der Waals surface area contributed by atoms with E-state index in [0.717, 1.165) is 0 Å². The molecule has 2 aromatic heterocycles. The summed E-state index contributed by atoms with van der Waals surface area (Å²) < 4.78 is 60.2. The molecule has 0 fully saturated rings. The van der Waals surface area contributed by atoms with Crippen molar-refractivity contribution in [1.29, 1.82) is 0 Å². The number of fused-ring (bicyclic) bond motifs is 1. The first-order valence-electron chi connectivity index (χ1n) is 11.2. The fourth-order valence-electron chi connectivity index (χ4n) is 3.77. The predicted octanol–water partition coefficient (Wildman–Crippen LogP) is 5.66. The Morgan fingerprint density at radius 3 is 2.39 bits per heavy atom. The standard InChI is InChI=1S/C26H18F4N6O2/c27-19-11-8-16(26(28,29)30)12-20(19)34-21(37)13-36-25-22(24(31)32-14-33-25)23(35-36)15-6-9-18(10-7-15)38-17-4-2-1-3-5-17/h1-12,14H,13H2,(H,34,37)(H2,31,32,33). The van der Waals surface area contributed by atoms with Crippen LogP contribution in [0, 0.1) is 5.82 Å². The van der Waals surface area contributed by atoms with Gasteiger partial charge in [-0.3, -0.25) is 4.79 Å². The molecule has 0 aliphatic carbocycles. The molecule has 0 atom stereocenters. The first kappa shape index (κ1) is 24.7. The molecule has 5 aromatic rings. The summed E-state index contributed by atoms with van der Waals surface area (Å²) in [6, 6.07) is 17.9. The smallest absolute Gasteiger partial charge is 0.416 e. The number of ether oxygens (including phenoxy) is 1. The van der Waals surface area contributed by atoms with Crippen molar-refractivity contribution in [3.8, 4) is 22.8 Å². The molecule has 192 valence electrons. The van der Waals surface area contributed by atoms with Crippen molar-refractivity contribution >= 4 is 28.4 Å². The van der Waals surface area contributed by atoms with E-state index in [4.69, 9.17) is 10.5 Å². The number of nitrogen functional groups attached to an aromatic ring is 1. The number of hydrogen-bond acceptors (Lipinski definition) is 6. The van der Waals surface area contributed by atoms with Crippen LogP contribution in [0.25, 0.3) is 22.3 Å². The third kappa shape index (κ3) is 5.09. The molecule has 3 N–H and O–H groups in total. The van der Waals surface area contributed by atoms with Gasteiger partial charge in [0.2, 0.25) is 5.91 Å². The summed E-state index contributed by atoms with van der Waals surface area (Å²) in [5, 5.41) is 6.99. The molecule has 38 heavy (non-hydrogen) atoms.